The normalized spacial score (nSPS) is 12.2. The average molecular weight is 486 g/mol. The lowest BCUT2D eigenvalue weighted by Crippen LogP contribution is -2.18. The summed E-state index contributed by atoms with van der Waals surface area (Å²) < 4.78 is 0. The van der Waals surface area contributed by atoms with Crippen LogP contribution in [0.2, 0.25) is 0 Å². The standard InChI is InChI=1S/C25H30BrNP2/c1-27-19-11-4-12-20-28(25-18-10-9-13-22(25)21-26)29(23-14-5-2-6-15-23)24-16-7-3-8-17-24/h2-3,5-10,13-18,27H,4,11-12,19-21H2,1H3. The van der Waals surface area contributed by atoms with Gasteiger partial charge in [-0.05, 0) is 69.3 Å². The van der Waals surface area contributed by atoms with Gasteiger partial charge in [-0.1, -0.05) is 107 Å². The maximum atomic E-state index is 3.75. The summed E-state index contributed by atoms with van der Waals surface area (Å²) in [5.74, 6) is 0. The van der Waals surface area contributed by atoms with Crippen LogP contribution in [0.25, 0.3) is 0 Å². The van der Waals surface area contributed by atoms with E-state index in [4.69, 9.17) is 0 Å². The van der Waals surface area contributed by atoms with Crippen LogP contribution in [0.15, 0.2) is 84.9 Å². The summed E-state index contributed by atoms with van der Waals surface area (Å²) in [6.45, 7) is 1.11. The van der Waals surface area contributed by atoms with Crippen molar-refractivity contribution in [3.63, 3.8) is 0 Å². The first-order chi connectivity index (χ1) is 14.3. The predicted molar refractivity (Wildman–Crippen MR) is 137 cm³/mol. The average Bonchev–Trinajstić information content (AvgIpc) is 2.79. The lowest BCUT2D eigenvalue weighted by atomic mass is 10.2. The molecule has 0 saturated carbocycles. The Hall–Kier alpha value is -1.04. The van der Waals surface area contributed by atoms with Crippen LogP contribution in [0.1, 0.15) is 24.8 Å². The highest BCUT2D eigenvalue weighted by Crippen LogP contribution is 2.67. The smallest absolute Gasteiger partial charge is 0.0289 e. The molecule has 1 atom stereocenters. The van der Waals surface area contributed by atoms with Crippen LogP contribution < -0.4 is 21.2 Å². The van der Waals surface area contributed by atoms with Crippen molar-refractivity contribution in [3.8, 4) is 0 Å². The third-order valence-corrected chi connectivity index (χ3v) is 13.4. The number of rotatable bonds is 11. The fourth-order valence-corrected chi connectivity index (χ4v) is 12.6. The number of benzene rings is 3. The Morgan fingerprint density at radius 2 is 1.31 bits per heavy atom. The van der Waals surface area contributed by atoms with Crippen LogP contribution in [0, 0.1) is 0 Å². The quantitative estimate of drug-likeness (QED) is 0.196. The Morgan fingerprint density at radius 1 is 0.724 bits per heavy atom. The highest BCUT2D eigenvalue weighted by molar-refractivity contribution is 9.08. The van der Waals surface area contributed by atoms with Crippen LogP contribution in [0.5, 0.6) is 0 Å². The van der Waals surface area contributed by atoms with E-state index < -0.39 is 7.61 Å². The lowest BCUT2D eigenvalue weighted by molar-refractivity contribution is 0.669. The molecule has 0 radical (unpaired) electrons. The van der Waals surface area contributed by atoms with Gasteiger partial charge in [-0.2, -0.15) is 0 Å². The third-order valence-electron chi connectivity index (χ3n) is 4.95. The number of unbranched alkanes of at least 4 members (excludes halogenated alkanes) is 2. The van der Waals surface area contributed by atoms with Crippen LogP contribution in [0.4, 0.5) is 0 Å². The second-order valence-electron chi connectivity index (χ2n) is 7.03. The molecule has 3 aromatic rings. The molecule has 0 heterocycles. The van der Waals surface area contributed by atoms with Crippen molar-refractivity contribution < 1.29 is 0 Å². The molecule has 0 aromatic heterocycles. The van der Waals surface area contributed by atoms with Crippen molar-refractivity contribution in [3.05, 3.63) is 90.5 Å². The minimum absolute atomic E-state index is 0.305. The van der Waals surface area contributed by atoms with E-state index in [1.54, 1.807) is 5.30 Å². The number of hydrogen-bond acceptors (Lipinski definition) is 1. The Bertz CT molecular complexity index is 802. The molecule has 0 aliphatic carbocycles. The highest BCUT2D eigenvalue weighted by atomic mass is 79.9. The van der Waals surface area contributed by atoms with Gasteiger partial charge in [0.25, 0.3) is 0 Å². The summed E-state index contributed by atoms with van der Waals surface area (Å²) in [5.41, 5.74) is 1.45. The zero-order valence-corrected chi connectivity index (χ0v) is 20.5. The molecule has 0 bridgehead atoms. The minimum Gasteiger partial charge on any atom is -0.320 e. The minimum atomic E-state index is -0.409. The molecular formula is C25H30BrNP2. The first kappa shape index (κ1) is 22.6. The van der Waals surface area contributed by atoms with E-state index in [1.165, 1.54) is 41.6 Å². The van der Waals surface area contributed by atoms with E-state index >= 15 is 0 Å². The molecule has 152 valence electrons. The van der Waals surface area contributed by atoms with Gasteiger partial charge in [-0.15, -0.1) is 0 Å². The molecule has 0 aliphatic heterocycles. The zero-order valence-electron chi connectivity index (χ0n) is 17.1. The molecule has 0 spiro atoms. The Balaban J connectivity index is 2.00. The summed E-state index contributed by atoms with van der Waals surface area (Å²) in [6, 6.07) is 31.5. The number of hydrogen-bond donors (Lipinski definition) is 1. The molecule has 0 fully saturated rings. The molecule has 0 aliphatic rings. The summed E-state index contributed by atoms with van der Waals surface area (Å²) in [4.78, 5) is 0. The first-order valence-electron chi connectivity index (χ1n) is 10.3. The van der Waals surface area contributed by atoms with Gasteiger partial charge in [-0.25, -0.2) is 0 Å². The van der Waals surface area contributed by atoms with Crippen molar-refractivity contribution in [1.82, 2.24) is 5.32 Å². The molecule has 1 nitrogen and oxygen atoms in total. The van der Waals surface area contributed by atoms with Gasteiger partial charge in [0, 0.05) is 5.33 Å². The lowest BCUT2D eigenvalue weighted by Gasteiger charge is -2.31. The molecular weight excluding hydrogens is 456 g/mol. The molecule has 3 rings (SSSR count). The van der Waals surface area contributed by atoms with Gasteiger partial charge < -0.3 is 5.32 Å². The third kappa shape index (κ3) is 6.47. The van der Waals surface area contributed by atoms with E-state index in [1.807, 2.05) is 7.05 Å². The van der Waals surface area contributed by atoms with Crippen molar-refractivity contribution in [2.24, 2.45) is 0 Å². The summed E-state index contributed by atoms with van der Waals surface area (Å²) in [6.07, 6.45) is 5.14. The Kier molecular flexibility index (Phi) is 9.84. The number of alkyl halides is 1. The van der Waals surface area contributed by atoms with Crippen molar-refractivity contribution >= 4 is 47.1 Å². The van der Waals surface area contributed by atoms with Gasteiger partial charge in [0.05, 0.1) is 0 Å². The Morgan fingerprint density at radius 3 is 1.90 bits per heavy atom. The second kappa shape index (κ2) is 12.6. The summed E-state index contributed by atoms with van der Waals surface area (Å²) in [5, 5.41) is 8.78. The van der Waals surface area contributed by atoms with E-state index in [-0.39, 0.29) is 7.61 Å². The zero-order chi connectivity index (χ0) is 20.3. The summed E-state index contributed by atoms with van der Waals surface area (Å²) in [7, 11) is 1.33. The van der Waals surface area contributed by atoms with Crippen LogP contribution in [-0.2, 0) is 5.33 Å². The van der Waals surface area contributed by atoms with Crippen molar-refractivity contribution in [1.29, 1.82) is 0 Å². The van der Waals surface area contributed by atoms with Gasteiger partial charge in [0.15, 0.2) is 0 Å². The molecule has 4 heteroatoms. The van der Waals surface area contributed by atoms with E-state index in [9.17, 15) is 0 Å². The predicted octanol–water partition coefficient (Wildman–Crippen LogP) is 6.13. The molecule has 3 aromatic carbocycles. The molecule has 1 N–H and O–H groups in total. The highest BCUT2D eigenvalue weighted by Gasteiger charge is 2.27. The summed E-state index contributed by atoms with van der Waals surface area (Å²) >= 11 is 3.75. The maximum Gasteiger partial charge on any atom is 0.0289 e. The van der Waals surface area contributed by atoms with E-state index in [2.05, 4.69) is 106 Å². The molecule has 0 saturated heterocycles. The number of halogens is 1. The molecule has 1 unspecified atom stereocenters. The van der Waals surface area contributed by atoms with Gasteiger partial charge in [0.2, 0.25) is 0 Å². The van der Waals surface area contributed by atoms with Crippen LogP contribution in [-0.4, -0.2) is 19.8 Å². The van der Waals surface area contributed by atoms with Crippen LogP contribution >= 0.6 is 31.2 Å². The van der Waals surface area contributed by atoms with Gasteiger partial charge in [0.1, 0.15) is 0 Å². The largest absolute Gasteiger partial charge is 0.320 e. The fourth-order valence-electron chi connectivity index (χ4n) is 3.51. The van der Waals surface area contributed by atoms with E-state index in [0.717, 1.165) is 11.9 Å². The van der Waals surface area contributed by atoms with Crippen LogP contribution in [0.3, 0.4) is 0 Å². The first-order valence-corrected chi connectivity index (χ1v) is 15.0. The topological polar surface area (TPSA) is 12.0 Å². The second-order valence-corrected chi connectivity index (χ2v) is 13.6. The van der Waals surface area contributed by atoms with Gasteiger partial charge in [-0.3, -0.25) is 0 Å². The molecule has 29 heavy (non-hydrogen) atoms. The van der Waals surface area contributed by atoms with Crippen molar-refractivity contribution in [2.45, 2.75) is 24.6 Å². The SMILES string of the molecule is CNCCCCCP(c1ccccc1CBr)P(c1ccccc1)c1ccccc1. The fraction of sp³-hybridized carbons (Fsp3) is 0.280. The van der Waals surface area contributed by atoms with Gasteiger partial charge >= 0.3 is 0 Å². The Labute approximate surface area is 186 Å². The maximum absolute atomic E-state index is 3.75. The van der Waals surface area contributed by atoms with Crippen molar-refractivity contribution in [2.75, 3.05) is 19.8 Å². The van der Waals surface area contributed by atoms with E-state index in [0.29, 0.717) is 0 Å². The monoisotopic (exact) mass is 485 g/mol. The number of nitrogens with one attached hydrogen (secondary N) is 1. The molecule has 0 amide bonds.